The van der Waals surface area contributed by atoms with Gasteiger partial charge in [0, 0.05) is 18.3 Å². The molecule has 0 aliphatic carbocycles. The molecule has 0 spiro atoms. The quantitative estimate of drug-likeness (QED) is 0.857. The second kappa shape index (κ2) is 5.58. The number of aliphatic hydroxyl groups is 1. The molecule has 92 valence electrons. The predicted octanol–water partition coefficient (Wildman–Crippen LogP) is 2.72. The Bertz CT molecular complexity index is 479. The van der Waals surface area contributed by atoms with Gasteiger partial charge in [0.25, 0.3) is 0 Å². The van der Waals surface area contributed by atoms with Crippen molar-refractivity contribution in [1.82, 2.24) is 10.3 Å². The molecule has 0 fully saturated rings. The molecule has 0 saturated carbocycles. The number of aliphatic hydroxyl groups excluding tert-OH is 1. The summed E-state index contributed by atoms with van der Waals surface area (Å²) in [5.74, 6) is 0. The second-order valence-corrected chi connectivity index (χ2v) is 5.20. The van der Waals surface area contributed by atoms with E-state index in [0.29, 0.717) is 0 Å². The van der Waals surface area contributed by atoms with E-state index in [-0.39, 0.29) is 18.7 Å². The topological polar surface area (TPSA) is 45.1 Å². The van der Waals surface area contributed by atoms with Gasteiger partial charge in [-0.15, -0.1) is 11.3 Å². The predicted molar refractivity (Wildman–Crippen MR) is 72.3 cm³/mol. The highest BCUT2D eigenvalue weighted by Crippen LogP contribution is 2.22. The van der Waals surface area contributed by atoms with Gasteiger partial charge in [-0.25, -0.2) is 0 Å². The monoisotopic (exact) mass is 250 g/mol. The third-order valence-electron chi connectivity index (χ3n) is 3.02. The van der Waals surface area contributed by atoms with Crippen LogP contribution in [0, 0.1) is 0 Å². The number of nitrogens with one attached hydrogen (secondary N) is 1. The number of fused-ring (bicyclic) bond motifs is 1. The largest absolute Gasteiger partial charge is 0.395 e. The molecule has 0 bridgehead atoms. The van der Waals surface area contributed by atoms with Crippen molar-refractivity contribution < 1.29 is 5.11 Å². The van der Waals surface area contributed by atoms with Crippen LogP contribution in [0.15, 0.2) is 23.7 Å². The van der Waals surface area contributed by atoms with Crippen LogP contribution in [0.4, 0.5) is 0 Å². The van der Waals surface area contributed by atoms with Gasteiger partial charge in [0.2, 0.25) is 0 Å². The smallest absolute Gasteiger partial charge is 0.0809 e. The summed E-state index contributed by atoms with van der Waals surface area (Å²) < 4.78 is 1.22. The summed E-state index contributed by atoms with van der Waals surface area (Å²) in [5.41, 5.74) is 2.23. The van der Waals surface area contributed by atoms with Crippen molar-refractivity contribution in [3.63, 3.8) is 0 Å². The Morgan fingerprint density at radius 1 is 1.53 bits per heavy atom. The molecule has 2 atom stereocenters. The third-order valence-corrected chi connectivity index (χ3v) is 3.88. The lowest BCUT2D eigenvalue weighted by atomic mass is 10.1. The van der Waals surface area contributed by atoms with Crippen molar-refractivity contribution in [1.29, 1.82) is 0 Å². The Hall–Kier alpha value is -0.970. The lowest BCUT2D eigenvalue weighted by Gasteiger charge is -2.20. The molecule has 2 aromatic heterocycles. The van der Waals surface area contributed by atoms with E-state index in [0.717, 1.165) is 11.9 Å². The highest BCUT2D eigenvalue weighted by molar-refractivity contribution is 7.17. The van der Waals surface area contributed by atoms with Crippen LogP contribution in [0.2, 0.25) is 0 Å². The molecule has 0 aliphatic heterocycles. The van der Waals surface area contributed by atoms with Gasteiger partial charge in [-0.05, 0) is 36.4 Å². The zero-order valence-corrected chi connectivity index (χ0v) is 11.0. The normalized spacial score (nSPS) is 15.0. The van der Waals surface area contributed by atoms with Crippen LogP contribution in [0.3, 0.4) is 0 Å². The van der Waals surface area contributed by atoms with Crippen LogP contribution < -0.4 is 5.32 Å². The maximum atomic E-state index is 9.18. The Balaban J connectivity index is 2.14. The second-order valence-electron chi connectivity index (χ2n) is 4.25. The van der Waals surface area contributed by atoms with Crippen LogP contribution in [-0.4, -0.2) is 22.7 Å². The Kier molecular flexibility index (Phi) is 4.10. The summed E-state index contributed by atoms with van der Waals surface area (Å²) in [5, 5.41) is 14.6. The molecule has 0 aromatic carbocycles. The van der Waals surface area contributed by atoms with Gasteiger partial charge in [0.05, 0.1) is 16.8 Å². The minimum atomic E-state index is 0.157. The zero-order valence-electron chi connectivity index (χ0n) is 10.2. The highest BCUT2D eigenvalue weighted by Gasteiger charge is 2.11. The number of pyridine rings is 1. The molecule has 2 N–H and O–H groups in total. The number of hydrogen-bond donors (Lipinski definition) is 2. The number of nitrogens with zero attached hydrogens (tertiary/aromatic N) is 1. The standard InChI is InChI=1S/C13H18N2OS/c1-3-11(8-16)15-9(2)10-6-13-12(14-7-10)4-5-17-13/h4-7,9,11,15-16H,3,8H2,1-2H3/t9?,11-/m1/s1. The van der Waals surface area contributed by atoms with Crippen molar-refractivity contribution in [2.24, 2.45) is 0 Å². The van der Waals surface area contributed by atoms with Gasteiger partial charge in [0.15, 0.2) is 0 Å². The van der Waals surface area contributed by atoms with Crippen molar-refractivity contribution >= 4 is 21.6 Å². The molecular weight excluding hydrogens is 232 g/mol. The summed E-state index contributed by atoms with van der Waals surface area (Å²) in [6, 6.07) is 4.58. The molecule has 0 saturated heterocycles. The zero-order chi connectivity index (χ0) is 12.3. The van der Waals surface area contributed by atoms with Gasteiger partial charge in [0.1, 0.15) is 0 Å². The lowest BCUT2D eigenvalue weighted by Crippen LogP contribution is -2.33. The fourth-order valence-corrected chi connectivity index (χ4v) is 2.64. The van der Waals surface area contributed by atoms with Crippen molar-refractivity contribution in [3.05, 3.63) is 29.3 Å². The number of aromatic nitrogens is 1. The van der Waals surface area contributed by atoms with Crippen molar-refractivity contribution in [3.8, 4) is 0 Å². The summed E-state index contributed by atoms with van der Waals surface area (Å²) in [4.78, 5) is 4.43. The van der Waals surface area contributed by atoms with Gasteiger partial charge in [-0.1, -0.05) is 6.92 Å². The van der Waals surface area contributed by atoms with E-state index < -0.39 is 0 Å². The molecule has 2 aromatic rings. The number of hydrogen-bond acceptors (Lipinski definition) is 4. The molecule has 4 heteroatoms. The van der Waals surface area contributed by atoms with Crippen LogP contribution in [-0.2, 0) is 0 Å². The Morgan fingerprint density at radius 3 is 3.06 bits per heavy atom. The average molecular weight is 250 g/mol. The molecule has 2 heterocycles. The molecule has 0 aliphatic rings. The first-order chi connectivity index (χ1) is 8.24. The average Bonchev–Trinajstić information content (AvgIpc) is 2.82. The van der Waals surface area contributed by atoms with E-state index >= 15 is 0 Å². The minimum Gasteiger partial charge on any atom is -0.395 e. The first kappa shape index (κ1) is 12.5. The van der Waals surface area contributed by atoms with E-state index in [9.17, 15) is 5.11 Å². The van der Waals surface area contributed by atoms with Crippen LogP contribution in [0.1, 0.15) is 31.9 Å². The van der Waals surface area contributed by atoms with Gasteiger partial charge >= 0.3 is 0 Å². The number of thiophene rings is 1. The molecule has 17 heavy (non-hydrogen) atoms. The van der Waals surface area contributed by atoms with Gasteiger partial charge in [-0.2, -0.15) is 0 Å². The summed E-state index contributed by atoms with van der Waals surface area (Å²) in [6.07, 6.45) is 2.84. The Morgan fingerprint density at radius 2 is 2.35 bits per heavy atom. The van der Waals surface area contributed by atoms with Crippen LogP contribution >= 0.6 is 11.3 Å². The molecule has 0 radical (unpaired) electrons. The van der Waals surface area contributed by atoms with Gasteiger partial charge in [-0.3, -0.25) is 4.98 Å². The fourth-order valence-electron chi connectivity index (χ4n) is 1.85. The highest BCUT2D eigenvalue weighted by atomic mass is 32.1. The maximum Gasteiger partial charge on any atom is 0.0809 e. The van der Waals surface area contributed by atoms with Crippen molar-refractivity contribution in [2.75, 3.05) is 6.61 Å². The van der Waals surface area contributed by atoms with E-state index in [1.807, 2.05) is 12.3 Å². The Labute approximate surface area is 106 Å². The van der Waals surface area contributed by atoms with Crippen molar-refractivity contribution in [2.45, 2.75) is 32.4 Å². The van der Waals surface area contributed by atoms with Crippen LogP contribution in [0.5, 0.6) is 0 Å². The number of rotatable bonds is 5. The van der Waals surface area contributed by atoms with E-state index in [4.69, 9.17) is 0 Å². The minimum absolute atomic E-state index is 0.157. The van der Waals surface area contributed by atoms with Gasteiger partial charge < -0.3 is 10.4 Å². The summed E-state index contributed by atoms with van der Waals surface area (Å²) >= 11 is 1.71. The summed E-state index contributed by atoms with van der Waals surface area (Å²) in [6.45, 7) is 4.35. The SMILES string of the molecule is CC[C@H](CO)NC(C)c1cnc2ccsc2c1. The van der Waals surface area contributed by atoms with E-state index in [1.54, 1.807) is 11.3 Å². The lowest BCUT2D eigenvalue weighted by molar-refractivity contribution is 0.230. The molecular formula is C13H18N2OS. The third kappa shape index (κ3) is 2.83. The molecule has 1 unspecified atom stereocenters. The summed E-state index contributed by atoms with van der Waals surface area (Å²) in [7, 11) is 0. The first-order valence-corrected chi connectivity index (χ1v) is 6.82. The van der Waals surface area contributed by atoms with Crippen LogP contribution in [0.25, 0.3) is 10.2 Å². The molecule has 2 rings (SSSR count). The maximum absolute atomic E-state index is 9.18. The first-order valence-electron chi connectivity index (χ1n) is 5.94. The molecule has 3 nitrogen and oxygen atoms in total. The fraction of sp³-hybridized carbons (Fsp3) is 0.462. The molecule has 0 amide bonds. The van der Waals surface area contributed by atoms with E-state index in [1.165, 1.54) is 10.3 Å². The van der Waals surface area contributed by atoms with E-state index in [2.05, 4.69) is 35.6 Å².